The van der Waals surface area contributed by atoms with Crippen LogP contribution in [0, 0.1) is 6.92 Å². The highest BCUT2D eigenvalue weighted by Gasteiger charge is 2.22. The summed E-state index contributed by atoms with van der Waals surface area (Å²) in [5, 5.41) is 8.68. The number of carboxylic acid groups (broad SMARTS) is 1. The van der Waals surface area contributed by atoms with Gasteiger partial charge in [0.25, 0.3) is 5.91 Å². The summed E-state index contributed by atoms with van der Waals surface area (Å²) in [4.78, 5) is 24.8. The molecule has 1 aliphatic heterocycles. The molecule has 0 radical (unpaired) electrons. The van der Waals surface area contributed by atoms with E-state index in [-0.39, 0.29) is 5.91 Å². The molecule has 1 aromatic carbocycles. The molecule has 0 aromatic heterocycles. The fourth-order valence-electron chi connectivity index (χ4n) is 2.24. The van der Waals surface area contributed by atoms with Crippen LogP contribution in [0.2, 0.25) is 0 Å². The molecule has 0 aliphatic carbocycles. The first kappa shape index (κ1) is 15.4. The summed E-state index contributed by atoms with van der Waals surface area (Å²) >= 11 is 0. The second-order valence-electron chi connectivity index (χ2n) is 4.83. The lowest BCUT2D eigenvalue weighted by Gasteiger charge is -2.27. The highest BCUT2D eigenvalue weighted by atomic mass is 32.2. The van der Waals surface area contributed by atoms with Crippen LogP contribution in [0.5, 0.6) is 0 Å². The van der Waals surface area contributed by atoms with Crippen LogP contribution >= 0.6 is 0 Å². The van der Waals surface area contributed by atoms with Gasteiger partial charge < -0.3 is 10.0 Å². The van der Waals surface area contributed by atoms with Gasteiger partial charge in [-0.25, -0.2) is 4.79 Å². The van der Waals surface area contributed by atoms with Crippen molar-refractivity contribution in [3.05, 3.63) is 41.0 Å². The fourth-order valence-corrected chi connectivity index (χ4v) is 3.29. The summed E-state index contributed by atoms with van der Waals surface area (Å²) < 4.78 is 11.3. The number of hydrogen-bond acceptors (Lipinski definition) is 3. The summed E-state index contributed by atoms with van der Waals surface area (Å²) in [5.41, 5.74) is 2.03. The number of benzene rings is 1. The van der Waals surface area contributed by atoms with Crippen molar-refractivity contribution in [3.63, 3.8) is 0 Å². The van der Waals surface area contributed by atoms with Crippen LogP contribution in [0.4, 0.5) is 0 Å². The number of aliphatic carboxylic acids is 1. The van der Waals surface area contributed by atoms with Crippen molar-refractivity contribution in [1.82, 2.24) is 4.90 Å². The van der Waals surface area contributed by atoms with Gasteiger partial charge in [0.1, 0.15) is 0 Å². The van der Waals surface area contributed by atoms with Crippen molar-refractivity contribution in [3.8, 4) is 0 Å². The normalized spacial score (nSPS) is 16.3. The predicted octanol–water partition coefficient (Wildman–Crippen LogP) is 1.30. The van der Waals surface area contributed by atoms with Crippen LogP contribution in [0.3, 0.4) is 0 Å². The third-order valence-electron chi connectivity index (χ3n) is 3.48. The molecule has 6 heteroatoms. The lowest BCUT2D eigenvalue weighted by Crippen LogP contribution is -2.42. The molecule has 0 saturated carbocycles. The Morgan fingerprint density at radius 2 is 1.95 bits per heavy atom. The molecule has 0 unspecified atom stereocenters. The standard InChI is InChI=1S/C15H17NO4S/c1-11-12(5-6-14(17)18)3-2-4-13(11)15(19)16-7-9-21(20)10-8-16/h2-6H,7-10H2,1H3,(H,17,18). The lowest BCUT2D eigenvalue weighted by atomic mass is 10.0. The second-order valence-corrected chi connectivity index (χ2v) is 6.53. The van der Waals surface area contributed by atoms with E-state index in [4.69, 9.17) is 5.11 Å². The molecule has 0 bridgehead atoms. The van der Waals surface area contributed by atoms with Gasteiger partial charge in [0, 0.05) is 47.0 Å². The van der Waals surface area contributed by atoms with Crippen LogP contribution in [0.1, 0.15) is 21.5 Å². The van der Waals surface area contributed by atoms with Crippen LogP contribution < -0.4 is 0 Å². The molecule has 0 spiro atoms. The average molecular weight is 307 g/mol. The van der Waals surface area contributed by atoms with Crippen LogP contribution in [-0.4, -0.2) is 50.7 Å². The number of nitrogens with zero attached hydrogens (tertiary/aromatic N) is 1. The van der Waals surface area contributed by atoms with Crippen molar-refractivity contribution in [2.75, 3.05) is 24.6 Å². The minimum absolute atomic E-state index is 0.0882. The molecule has 5 nitrogen and oxygen atoms in total. The first-order valence-corrected chi connectivity index (χ1v) is 8.12. The Morgan fingerprint density at radius 1 is 1.29 bits per heavy atom. The Labute approximate surface area is 125 Å². The number of hydrogen-bond donors (Lipinski definition) is 1. The smallest absolute Gasteiger partial charge is 0.328 e. The zero-order valence-corrected chi connectivity index (χ0v) is 12.6. The highest BCUT2D eigenvalue weighted by molar-refractivity contribution is 7.85. The Bertz CT molecular complexity index is 614. The van der Waals surface area contributed by atoms with E-state index in [1.165, 1.54) is 6.08 Å². The molecule has 1 saturated heterocycles. The largest absolute Gasteiger partial charge is 0.478 e. The van der Waals surface area contributed by atoms with Gasteiger partial charge in [0.2, 0.25) is 0 Å². The maximum atomic E-state index is 12.5. The van der Waals surface area contributed by atoms with E-state index in [1.54, 1.807) is 30.0 Å². The van der Waals surface area contributed by atoms with Gasteiger partial charge in [-0.15, -0.1) is 0 Å². The molecule has 1 N–H and O–H groups in total. The van der Waals surface area contributed by atoms with Gasteiger partial charge in [-0.2, -0.15) is 0 Å². The van der Waals surface area contributed by atoms with Crippen molar-refractivity contribution < 1.29 is 18.9 Å². The zero-order valence-electron chi connectivity index (χ0n) is 11.7. The van der Waals surface area contributed by atoms with Gasteiger partial charge in [0.15, 0.2) is 0 Å². The summed E-state index contributed by atoms with van der Waals surface area (Å²) in [6.07, 6.45) is 2.54. The molecule has 1 fully saturated rings. The Balaban J connectivity index is 2.23. The van der Waals surface area contributed by atoms with Gasteiger partial charge in [0.05, 0.1) is 0 Å². The monoisotopic (exact) mass is 307 g/mol. The SMILES string of the molecule is Cc1c(C=CC(=O)O)cccc1C(=O)N1CCS(=O)CC1. The molecule has 2 rings (SSSR count). The van der Waals surface area contributed by atoms with Crippen molar-refractivity contribution in [1.29, 1.82) is 0 Å². The molecular weight excluding hydrogens is 290 g/mol. The van der Waals surface area contributed by atoms with Crippen molar-refractivity contribution >= 4 is 28.8 Å². The van der Waals surface area contributed by atoms with E-state index >= 15 is 0 Å². The first-order chi connectivity index (χ1) is 9.99. The van der Waals surface area contributed by atoms with E-state index in [1.807, 2.05) is 0 Å². The van der Waals surface area contributed by atoms with Gasteiger partial charge in [-0.05, 0) is 30.2 Å². The molecule has 1 aliphatic rings. The van der Waals surface area contributed by atoms with Gasteiger partial charge in [-0.1, -0.05) is 12.1 Å². The second kappa shape index (κ2) is 6.67. The first-order valence-electron chi connectivity index (χ1n) is 6.64. The highest BCUT2D eigenvalue weighted by Crippen LogP contribution is 2.18. The van der Waals surface area contributed by atoms with Crippen LogP contribution in [0.25, 0.3) is 6.08 Å². The minimum atomic E-state index is -1.02. The Morgan fingerprint density at radius 3 is 2.57 bits per heavy atom. The van der Waals surface area contributed by atoms with Crippen molar-refractivity contribution in [2.45, 2.75) is 6.92 Å². The summed E-state index contributed by atoms with van der Waals surface area (Å²) in [7, 11) is -0.822. The summed E-state index contributed by atoms with van der Waals surface area (Å²) in [5.74, 6) is -0.0771. The molecule has 0 atom stereocenters. The number of amides is 1. The number of carbonyl (C=O) groups is 2. The molecule has 112 valence electrons. The number of carboxylic acids is 1. The molecule has 21 heavy (non-hydrogen) atoms. The maximum Gasteiger partial charge on any atom is 0.328 e. The molecule has 1 amide bonds. The van der Waals surface area contributed by atoms with Gasteiger partial charge >= 0.3 is 5.97 Å². The Hall–Kier alpha value is -1.95. The third-order valence-corrected chi connectivity index (χ3v) is 4.75. The topological polar surface area (TPSA) is 74.7 Å². The van der Waals surface area contributed by atoms with Crippen LogP contribution in [-0.2, 0) is 15.6 Å². The fraction of sp³-hybridized carbons (Fsp3) is 0.333. The molecule has 1 heterocycles. The quantitative estimate of drug-likeness (QED) is 0.854. The van der Waals surface area contributed by atoms with Crippen LogP contribution in [0.15, 0.2) is 24.3 Å². The minimum Gasteiger partial charge on any atom is -0.478 e. The maximum absolute atomic E-state index is 12.5. The lowest BCUT2D eigenvalue weighted by molar-refractivity contribution is -0.131. The number of rotatable bonds is 3. The molecular formula is C15H17NO4S. The van der Waals surface area contributed by atoms with E-state index in [0.29, 0.717) is 35.7 Å². The zero-order chi connectivity index (χ0) is 15.4. The van der Waals surface area contributed by atoms with E-state index < -0.39 is 16.8 Å². The number of carbonyl (C=O) groups excluding carboxylic acids is 1. The average Bonchev–Trinajstić information content (AvgIpc) is 2.46. The third kappa shape index (κ3) is 3.78. The van der Waals surface area contributed by atoms with E-state index in [2.05, 4.69) is 0 Å². The van der Waals surface area contributed by atoms with E-state index in [9.17, 15) is 13.8 Å². The molecule has 1 aromatic rings. The predicted molar refractivity (Wildman–Crippen MR) is 81.6 cm³/mol. The summed E-state index contributed by atoms with van der Waals surface area (Å²) in [6, 6.07) is 5.25. The van der Waals surface area contributed by atoms with Crippen molar-refractivity contribution in [2.24, 2.45) is 0 Å². The van der Waals surface area contributed by atoms with Gasteiger partial charge in [-0.3, -0.25) is 9.00 Å². The van der Waals surface area contributed by atoms with E-state index in [0.717, 1.165) is 11.6 Å². The Kier molecular flexibility index (Phi) is 4.90. The summed E-state index contributed by atoms with van der Waals surface area (Å²) in [6.45, 7) is 2.80.